The molecule has 1 rings (SSSR count). The number of aliphatic hydroxyl groups is 1. The molecule has 3 nitrogen and oxygen atoms in total. The van der Waals surface area contributed by atoms with E-state index in [0.29, 0.717) is 11.1 Å². The van der Waals surface area contributed by atoms with Crippen LogP contribution in [0.15, 0.2) is 18.2 Å². The first-order valence-electron chi connectivity index (χ1n) is 4.41. The Morgan fingerprint density at radius 2 is 2.07 bits per heavy atom. The molecule has 0 saturated heterocycles. The van der Waals surface area contributed by atoms with Crippen molar-refractivity contribution in [1.29, 1.82) is 0 Å². The van der Waals surface area contributed by atoms with Crippen molar-refractivity contribution in [3.63, 3.8) is 0 Å². The van der Waals surface area contributed by atoms with Gasteiger partial charge in [0.25, 0.3) is 0 Å². The predicted molar refractivity (Wildman–Crippen MR) is 55.8 cm³/mol. The van der Waals surface area contributed by atoms with Crippen LogP contribution in [-0.2, 0) is 9.84 Å². The molecule has 1 N–H and O–H groups in total. The Bertz CT molecular complexity index is 454. The second kappa shape index (κ2) is 4.28. The molecule has 1 unspecified atom stereocenters. The summed E-state index contributed by atoms with van der Waals surface area (Å²) in [6.45, 7) is 1.63. The molecule has 15 heavy (non-hydrogen) atoms. The number of aliphatic hydroxyl groups excluding tert-OH is 1. The maximum Gasteiger partial charge on any atom is 0.150 e. The summed E-state index contributed by atoms with van der Waals surface area (Å²) in [5.74, 6) is -0.748. The second-order valence-electron chi connectivity index (χ2n) is 3.61. The molecule has 84 valence electrons. The van der Waals surface area contributed by atoms with Crippen LogP contribution in [0, 0.1) is 12.7 Å². The third-order valence-electron chi connectivity index (χ3n) is 2.05. The summed E-state index contributed by atoms with van der Waals surface area (Å²) in [5, 5.41) is 9.63. The van der Waals surface area contributed by atoms with Crippen LogP contribution in [0.1, 0.15) is 17.2 Å². The smallest absolute Gasteiger partial charge is 0.150 e. The number of hydrogen-bond donors (Lipinski definition) is 1. The lowest BCUT2D eigenvalue weighted by Crippen LogP contribution is -2.13. The number of aryl methyl sites for hydroxylation is 1. The zero-order chi connectivity index (χ0) is 11.6. The third-order valence-corrected chi connectivity index (χ3v) is 2.97. The van der Waals surface area contributed by atoms with E-state index in [0.717, 1.165) is 6.26 Å². The minimum atomic E-state index is -3.24. The molecule has 0 heterocycles. The second-order valence-corrected chi connectivity index (χ2v) is 5.79. The van der Waals surface area contributed by atoms with E-state index in [1.54, 1.807) is 6.92 Å². The van der Waals surface area contributed by atoms with Gasteiger partial charge in [0.15, 0.2) is 0 Å². The van der Waals surface area contributed by atoms with Crippen LogP contribution in [-0.4, -0.2) is 25.5 Å². The summed E-state index contributed by atoms with van der Waals surface area (Å²) in [6, 6.07) is 3.87. The Morgan fingerprint density at radius 3 is 2.53 bits per heavy atom. The molecule has 0 aliphatic carbocycles. The molecular weight excluding hydrogens is 219 g/mol. The highest BCUT2D eigenvalue weighted by Gasteiger charge is 2.16. The van der Waals surface area contributed by atoms with Crippen LogP contribution in [0.2, 0.25) is 0 Å². The van der Waals surface area contributed by atoms with E-state index in [9.17, 15) is 17.9 Å². The van der Waals surface area contributed by atoms with E-state index >= 15 is 0 Å². The number of rotatable bonds is 3. The number of hydrogen-bond acceptors (Lipinski definition) is 3. The average Bonchev–Trinajstić information content (AvgIpc) is 1.99. The van der Waals surface area contributed by atoms with E-state index < -0.39 is 21.8 Å². The van der Waals surface area contributed by atoms with Gasteiger partial charge < -0.3 is 5.11 Å². The Hall–Kier alpha value is -0.940. The number of halogens is 1. The highest BCUT2D eigenvalue weighted by atomic mass is 32.2. The molecule has 0 radical (unpaired) electrons. The Kier molecular flexibility index (Phi) is 3.46. The van der Waals surface area contributed by atoms with Gasteiger partial charge in [0.2, 0.25) is 0 Å². The number of sulfone groups is 1. The Morgan fingerprint density at radius 1 is 1.47 bits per heavy atom. The van der Waals surface area contributed by atoms with Crippen molar-refractivity contribution in [2.24, 2.45) is 0 Å². The highest BCUT2D eigenvalue weighted by molar-refractivity contribution is 7.90. The summed E-state index contributed by atoms with van der Waals surface area (Å²) >= 11 is 0. The summed E-state index contributed by atoms with van der Waals surface area (Å²) < 4.78 is 34.7. The molecule has 0 bridgehead atoms. The lowest BCUT2D eigenvalue weighted by atomic mass is 10.0. The van der Waals surface area contributed by atoms with E-state index in [-0.39, 0.29) is 5.75 Å². The van der Waals surface area contributed by atoms with Crippen LogP contribution in [0.3, 0.4) is 0 Å². The van der Waals surface area contributed by atoms with Crippen molar-refractivity contribution in [2.75, 3.05) is 12.0 Å². The average molecular weight is 232 g/mol. The molecular formula is C10H13FO3S. The zero-order valence-electron chi connectivity index (χ0n) is 8.57. The van der Waals surface area contributed by atoms with E-state index in [1.165, 1.54) is 18.2 Å². The Labute approximate surface area is 88.5 Å². The largest absolute Gasteiger partial charge is 0.387 e. The molecule has 0 aliphatic rings. The van der Waals surface area contributed by atoms with Gasteiger partial charge in [-0.3, -0.25) is 0 Å². The van der Waals surface area contributed by atoms with Crippen molar-refractivity contribution in [3.05, 3.63) is 35.1 Å². The first-order valence-corrected chi connectivity index (χ1v) is 6.47. The fourth-order valence-corrected chi connectivity index (χ4v) is 2.14. The fourth-order valence-electron chi connectivity index (χ4n) is 1.39. The maximum absolute atomic E-state index is 12.7. The van der Waals surface area contributed by atoms with Gasteiger partial charge in [-0.2, -0.15) is 0 Å². The van der Waals surface area contributed by atoms with Gasteiger partial charge in [-0.05, 0) is 30.2 Å². The minimum absolute atomic E-state index is 0.348. The van der Waals surface area contributed by atoms with Crippen molar-refractivity contribution in [2.45, 2.75) is 13.0 Å². The summed E-state index contributed by atoms with van der Waals surface area (Å²) in [5.41, 5.74) is 0.993. The lowest BCUT2D eigenvalue weighted by molar-refractivity contribution is 0.201. The molecule has 5 heteroatoms. The van der Waals surface area contributed by atoms with Gasteiger partial charge in [0, 0.05) is 6.26 Å². The lowest BCUT2D eigenvalue weighted by Gasteiger charge is -2.12. The monoisotopic (exact) mass is 232 g/mol. The van der Waals surface area contributed by atoms with Gasteiger partial charge in [-0.1, -0.05) is 6.07 Å². The van der Waals surface area contributed by atoms with Gasteiger partial charge in [0.1, 0.15) is 15.7 Å². The summed E-state index contributed by atoms with van der Waals surface area (Å²) in [4.78, 5) is 0. The van der Waals surface area contributed by atoms with Crippen LogP contribution in [0.5, 0.6) is 0 Å². The van der Waals surface area contributed by atoms with Crippen molar-refractivity contribution < 1.29 is 17.9 Å². The maximum atomic E-state index is 12.7. The first-order chi connectivity index (χ1) is 6.79. The van der Waals surface area contributed by atoms with E-state index in [1.807, 2.05) is 0 Å². The van der Waals surface area contributed by atoms with E-state index in [2.05, 4.69) is 0 Å². The van der Waals surface area contributed by atoms with Gasteiger partial charge in [-0.15, -0.1) is 0 Å². The van der Waals surface area contributed by atoms with E-state index in [4.69, 9.17) is 0 Å². The third kappa shape index (κ3) is 3.60. The van der Waals surface area contributed by atoms with Crippen molar-refractivity contribution >= 4 is 9.84 Å². The molecule has 0 spiro atoms. The van der Waals surface area contributed by atoms with Crippen LogP contribution >= 0.6 is 0 Å². The predicted octanol–water partition coefficient (Wildman–Crippen LogP) is 1.21. The first kappa shape index (κ1) is 12.1. The quantitative estimate of drug-likeness (QED) is 0.852. The molecule has 0 aromatic heterocycles. The van der Waals surface area contributed by atoms with Crippen molar-refractivity contribution in [3.8, 4) is 0 Å². The molecule has 0 aliphatic heterocycles. The molecule has 1 aromatic rings. The fraction of sp³-hybridized carbons (Fsp3) is 0.400. The standard InChI is InChI=1S/C10H13FO3S/c1-7-5-8(11)3-4-9(7)10(12)6-15(2,13)14/h3-5,10,12H,6H2,1-2H3. The van der Waals surface area contributed by atoms with Gasteiger partial charge in [-0.25, -0.2) is 12.8 Å². The summed E-state index contributed by atoms with van der Waals surface area (Å²) in [7, 11) is -3.24. The molecule has 1 aromatic carbocycles. The van der Waals surface area contributed by atoms with Crippen LogP contribution in [0.4, 0.5) is 4.39 Å². The number of benzene rings is 1. The summed E-state index contributed by atoms with van der Waals surface area (Å²) in [6.07, 6.45) is -0.0460. The molecule has 0 amide bonds. The highest BCUT2D eigenvalue weighted by Crippen LogP contribution is 2.19. The molecule has 0 saturated carbocycles. The van der Waals surface area contributed by atoms with Crippen LogP contribution in [0.25, 0.3) is 0 Å². The Balaban J connectivity index is 2.97. The SMILES string of the molecule is Cc1cc(F)ccc1C(O)CS(C)(=O)=O. The topological polar surface area (TPSA) is 54.4 Å². The zero-order valence-corrected chi connectivity index (χ0v) is 9.38. The normalized spacial score (nSPS) is 13.9. The van der Waals surface area contributed by atoms with Gasteiger partial charge >= 0.3 is 0 Å². The van der Waals surface area contributed by atoms with Crippen molar-refractivity contribution in [1.82, 2.24) is 0 Å². The van der Waals surface area contributed by atoms with Crippen LogP contribution < -0.4 is 0 Å². The molecule has 1 atom stereocenters. The minimum Gasteiger partial charge on any atom is -0.387 e. The van der Waals surface area contributed by atoms with Gasteiger partial charge in [0.05, 0.1) is 11.9 Å². The molecule has 0 fully saturated rings.